The number of fused-ring (bicyclic) bond motifs is 1. The molecule has 2 aliphatic rings. The topological polar surface area (TPSA) is 32.7 Å². The van der Waals surface area contributed by atoms with Gasteiger partial charge in [-0.15, -0.1) is 0 Å². The van der Waals surface area contributed by atoms with E-state index < -0.39 is 5.60 Å². The van der Waals surface area contributed by atoms with Gasteiger partial charge >= 0.3 is 0 Å². The van der Waals surface area contributed by atoms with Gasteiger partial charge in [0.05, 0.1) is 5.60 Å². The Morgan fingerprint density at radius 2 is 1.85 bits per heavy atom. The first-order chi connectivity index (χ1) is 12.6. The molecule has 1 aliphatic carbocycles. The maximum atomic E-state index is 11.3. The van der Waals surface area contributed by atoms with Gasteiger partial charge in [-0.25, -0.2) is 0 Å². The van der Waals surface area contributed by atoms with Gasteiger partial charge in [0.15, 0.2) is 0 Å². The smallest absolute Gasteiger partial charge is 0.120 e. The minimum absolute atomic E-state index is 0.208. The molecular formula is C23H29NO2. The molecule has 0 radical (unpaired) electrons. The summed E-state index contributed by atoms with van der Waals surface area (Å²) in [7, 11) is 2.15. The van der Waals surface area contributed by atoms with Crippen LogP contribution in [0.25, 0.3) is 0 Å². The molecule has 1 unspecified atom stereocenters. The first-order valence-electron chi connectivity index (χ1n) is 9.84. The molecule has 4 rings (SSSR count). The number of hydrogen-bond donors (Lipinski definition) is 1. The molecule has 1 atom stereocenters. The summed E-state index contributed by atoms with van der Waals surface area (Å²) >= 11 is 0. The lowest BCUT2D eigenvalue weighted by atomic mass is 9.70. The fraction of sp³-hybridized carbons (Fsp3) is 0.478. The summed E-state index contributed by atoms with van der Waals surface area (Å²) in [4.78, 5) is 2.33. The molecule has 0 spiro atoms. The Bertz CT molecular complexity index is 737. The van der Waals surface area contributed by atoms with Gasteiger partial charge in [-0.1, -0.05) is 55.7 Å². The van der Waals surface area contributed by atoms with Crippen LogP contribution in [0, 0.1) is 0 Å². The number of aliphatic hydroxyl groups is 1. The third-order valence-electron chi connectivity index (χ3n) is 6.04. The van der Waals surface area contributed by atoms with Gasteiger partial charge in [0.1, 0.15) is 12.4 Å². The lowest BCUT2D eigenvalue weighted by Crippen LogP contribution is -2.46. The van der Waals surface area contributed by atoms with Gasteiger partial charge in [-0.3, -0.25) is 0 Å². The maximum Gasteiger partial charge on any atom is 0.120 e. The molecule has 1 saturated carbocycles. The van der Waals surface area contributed by atoms with E-state index in [0.29, 0.717) is 6.61 Å². The Balaban J connectivity index is 1.55. The van der Waals surface area contributed by atoms with Gasteiger partial charge < -0.3 is 14.7 Å². The number of hydrogen-bond acceptors (Lipinski definition) is 3. The molecular weight excluding hydrogens is 322 g/mol. The van der Waals surface area contributed by atoms with Crippen LogP contribution in [0.2, 0.25) is 0 Å². The van der Waals surface area contributed by atoms with Gasteiger partial charge in [0.2, 0.25) is 0 Å². The lowest BCUT2D eigenvalue weighted by molar-refractivity contribution is -0.0333. The van der Waals surface area contributed by atoms with E-state index in [9.17, 15) is 5.11 Å². The van der Waals surface area contributed by atoms with Crippen LogP contribution in [0.5, 0.6) is 5.75 Å². The van der Waals surface area contributed by atoms with Crippen LogP contribution in [-0.2, 0) is 13.2 Å². The molecule has 3 nitrogen and oxygen atoms in total. The predicted molar refractivity (Wildman–Crippen MR) is 104 cm³/mol. The molecule has 138 valence electrons. The molecule has 2 aromatic rings. The molecule has 26 heavy (non-hydrogen) atoms. The second-order valence-electron chi connectivity index (χ2n) is 8.05. The minimum Gasteiger partial charge on any atom is -0.489 e. The third kappa shape index (κ3) is 3.65. The standard InChI is InChI=1S/C23H29NO2/c1-24-15-19-14-20(26-17-18-8-4-2-5-9-18)10-11-21(19)22(16-24)23(25)12-6-3-7-13-23/h2,4-5,8-11,14,22,25H,3,6-7,12-13,15-17H2,1H3. The van der Waals surface area contributed by atoms with Crippen LogP contribution in [-0.4, -0.2) is 29.2 Å². The lowest BCUT2D eigenvalue weighted by Gasteiger charge is -2.44. The van der Waals surface area contributed by atoms with Crippen LogP contribution >= 0.6 is 0 Å². The minimum atomic E-state index is -0.548. The first kappa shape index (κ1) is 17.6. The van der Waals surface area contributed by atoms with Gasteiger partial charge in [-0.2, -0.15) is 0 Å². The first-order valence-corrected chi connectivity index (χ1v) is 9.84. The zero-order valence-electron chi connectivity index (χ0n) is 15.7. The van der Waals surface area contributed by atoms with Gasteiger partial charge in [0.25, 0.3) is 0 Å². The Morgan fingerprint density at radius 3 is 2.62 bits per heavy atom. The Labute approximate surface area is 156 Å². The van der Waals surface area contributed by atoms with E-state index in [1.165, 1.54) is 23.1 Å². The van der Waals surface area contributed by atoms with E-state index in [1.807, 2.05) is 18.2 Å². The molecule has 1 N–H and O–H groups in total. The summed E-state index contributed by atoms with van der Waals surface area (Å²) < 4.78 is 6.02. The summed E-state index contributed by atoms with van der Waals surface area (Å²) in [5.41, 5.74) is 3.25. The zero-order chi connectivity index (χ0) is 18.0. The van der Waals surface area contributed by atoms with Crippen molar-refractivity contribution in [1.29, 1.82) is 0 Å². The molecule has 2 aromatic carbocycles. The van der Waals surface area contributed by atoms with Crippen molar-refractivity contribution in [1.82, 2.24) is 4.90 Å². The summed E-state index contributed by atoms with van der Waals surface area (Å²) in [5.74, 6) is 1.12. The van der Waals surface area contributed by atoms with Crippen molar-refractivity contribution in [3.05, 3.63) is 65.2 Å². The van der Waals surface area contributed by atoms with Crippen LogP contribution in [0.3, 0.4) is 0 Å². The zero-order valence-corrected chi connectivity index (χ0v) is 15.7. The highest BCUT2D eigenvalue weighted by atomic mass is 16.5. The van der Waals surface area contributed by atoms with E-state index >= 15 is 0 Å². The Morgan fingerprint density at radius 1 is 1.08 bits per heavy atom. The van der Waals surface area contributed by atoms with E-state index in [-0.39, 0.29) is 5.92 Å². The second-order valence-corrected chi connectivity index (χ2v) is 8.05. The number of likely N-dealkylation sites (N-methyl/N-ethyl adjacent to an activating group) is 1. The summed E-state index contributed by atoms with van der Waals surface area (Å²) in [6.45, 7) is 2.45. The van der Waals surface area contributed by atoms with E-state index in [1.54, 1.807) is 0 Å². The summed E-state index contributed by atoms with van der Waals surface area (Å²) in [5, 5.41) is 11.3. The van der Waals surface area contributed by atoms with Crippen molar-refractivity contribution in [2.24, 2.45) is 0 Å². The SMILES string of the molecule is CN1Cc2cc(OCc3ccccc3)ccc2C(C2(O)CCCCC2)C1. The number of nitrogens with zero attached hydrogens (tertiary/aromatic N) is 1. The average molecular weight is 351 g/mol. The van der Waals surface area contributed by atoms with Crippen LogP contribution in [0.4, 0.5) is 0 Å². The molecule has 1 fully saturated rings. The Kier molecular flexibility index (Phi) is 5.01. The van der Waals surface area contributed by atoms with Crippen molar-refractivity contribution in [2.75, 3.05) is 13.6 Å². The normalized spacial score (nSPS) is 22.6. The maximum absolute atomic E-state index is 11.3. The van der Waals surface area contributed by atoms with Crippen molar-refractivity contribution < 1.29 is 9.84 Å². The fourth-order valence-electron chi connectivity index (χ4n) is 4.63. The van der Waals surface area contributed by atoms with Gasteiger partial charge in [-0.05, 0) is 48.7 Å². The fourth-order valence-corrected chi connectivity index (χ4v) is 4.63. The quantitative estimate of drug-likeness (QED) is 0.881. The predicted octanol–water partition coefficient (Wildman–Crippen LogP) is 4.49. The molecule has 0 saturated heterocycles. The van der Waals surface area contributed by atoms with Gasteiger partial charge in [0, 0.05) is 19.0 Å². The van der Waals surface area contributed by atoms with Crippen molar-refractivity contribution >= 4 is 0 Å². The largest absolute Gasteiger partial charge is 0.489 e. The molecule has 0 aromatic heterocycles. The van der Waals surface area contributed by atoms with E-state index in [2.05, 4.69) is 42.3 Å². The van der Waals surface area contributed by atoms with Crippen LogP contribution in [0.1, 0.15) is 54.7 Å². The van der Waals surface area contributed by atoms with Crippen molar-refractivity contribution in [2.45, 2.75) is 56.8 Å². The molecule has 0 bridgehead atoms. The number of ether oxygens (including phenoxy) is 1. The monoisotopic (exact) mass is 351 g/mol. The molecule has 1 heterocycles. The van der Waals surface area contributed by atoms with Crippen LogP contribution < -0.4 is 4.74 Å². The number of rotatable bonds is 4. The molecule has 0 amide bonds. The number of benzene rings is 2. The van der Waals surface area contributed by atoms with Crippen molar-refractivity contribution in [3.63, 3.8) is 0 Å². The molecule has 3 heteroatoms. The second kappa shape index (κ2) is 7.42. The Hall–Kier alpha value is -1.84. The van der Waals surface area contributed by atoms with Crippen LogP contribution in [0.15, 0.2) is 48.5 Å². The van der Waals surface area contributed by atoms with Crippen molar-refractivity contribution in [3.8, 4) is 5.75 Å². The molecule has 1 aliphatic heterocycles. The highest BCUT2D eigenvalue weighted by Crippen LogP contribution is 2.44. The van der Waals surface area contributed by atoms with E-state index in [4.69, 9.17) is 4.74 Å². The highest BCUT2D eigenvalue weighted by Gasteiger charge is 2.41. The summed E-state index contributed by atoms with van der Waals surface area (Å²) in [6, 6.07) is 16.7. The average Bonchev–Trinajstić information content (AvgIpc) is 2.67. The van der Waals surface area contributed by atoms with E-state index in [0.717, 1.165) is 44.5 Å². The summed E-state index contributed by atoms with van der Waals surface area (Å²) in [6.07, 6.45) is 5.40. The highest BCUT2D eigenvalue weighted by molar-refractivity contribution is 5.41. The third-order valence-corrected chi connectivity index (χ3v) is 6.04.